The maximum atomic E-state index is 12.9. The molecule has 0 radical (unpaired) electrons. The van der Waals surface area contributed by atoms with Gasteiger partial charge in [-0.25, -0.2) is 14.4 Å². The zero-order chi connectivity index (χ0) is 12.1. The van der Waals surface area contributed by atoms with E-state index in [0.29, 0.717) is 0 Å². The van der Waals surface area contributed by atoms with Gasteiger partial charge >= 0.3 is 0 Å². The van der Waals surface area contributed by atoms with Gasteiger partial charge in [0, 0.05) is 6.20 Å². The van der Waals surface area contributed by atoms with Crippen LogP contribution in [0.25, 0.3) is 0 Å². The van der Waals surface area contributed by atoms with Crippen LogP contribution in [0, 0.1) is 5.82 Å². The minimum atomic E-state index is -0.230. The average Bonchev–Trinajstić information content (AvgIpc) is 2.38. The lowest BCUT2D eigenvalue weighted by molar-refractivity contribution is 0.604. The molecule has 1 aromatic heterocycles. The molecule has 3 nitrogen and oxygen atoms in total. The second-order valence-corrected chi connectivity index (χ2v) is 3.68. The Morgan fingerprint density at radius 3 is 2.59 bits per heavy atom. The Hall–Kier alpha value is -1.81. The molecule has 0 bridgehead atoms. The number of nitrogens with one attached hydrogen (secondary N) is 1. The van der Waals surface area contributed by atoms with Crippen LogP contribution in [0.2, 0.25) is 0 Å². The summed E-state index contributed by atoms with van der Waals surface area (Å²) in [5.41, 5.74) is 1.88. The molecule has 1 N–H and O–H groups in total. The molecule has 0 amide bonds. The van der Waals surface area contributed by atoms with Gasteiger partial charge in [-0.05, 0) is 30.3 Å². The largest absolute Gasteiger partial charge is 0.305 e. The van der Waals surface area contributed by atoms with Crippen molar-refractivity contribution in [1.82, 2.24) is 15.3 Å². The van der Waals surface area contributed by atoms with Crippen molar-refractivity contribution < 1.29 is 4.39 Å². The van der Waals surface area contributed by atoms with Gasteiger partial charge in [0.05, 0.1) is 11.7 Å². The number of aromatic nitrogens is 2. The highest BCUT2D eigenvalue weighted by Crippen LogP contribution is 2.19. The highest BCUT2D eigenvalue weighted by molar-refractivity contribution is 5.27. The van der Waals surface area contributed by atoms with Crippen LogP contribution in [0.5, 0.6) is 0 Å². The van der Waals surface area contributed by atoms with Crippen molar-refractivity contribution in [1.29, 1.82) is 0 Å². The van der Waals surface area contributed by atoms with Crippen molar-refractivity contribution in [3.8, 4) is 0 Å². The normalized spacial score (nSPS) is 12.4. The van der Waals surface area contributed by atoms with Crippen molar-refractivity contribution in [3.05, 3.63) is 59.9 Å². The standard InChI is InChI=1S/C13H14FN3/c1-2-16-13(12-7-8-15-9-17-12)10-3-5-11(14)6-4-10/h3-9,13,16H,2H2,1H3. The van der Waals surface area contributed by atoms with E-state index in [1.54, 1.807) is 18.3 Å². The molecule has 1 heterocycles. The van der Waals surface area contributed by atoms with Crippen molar-refractivity contribution in [2.45, 2.75) is 13.0 Å². The Kier molecular flexibility index (Phi) is 3.77. The van der Waals surface area contributed by atoms with E-state index in [2.05, 4.69) is 15.3 Å². The Labute approximate surface area is 99.7 Å². The molecule has 0 aliphatic rings. The SMILES string of the molecule is CCNC(c1ccc(F)cc1)c1ccncn1. The first-order chi connectivity index (χ1) is 8.31. The van der Waals surface area contributed by atoms with Crippen LogP contribution in [-0.2, 0) is 0 Å². The van der Waals surface area contributed by atoms with E-state index in [9.17, 15) is 4.39 Å². The lowest BCUT2D eigenvalue weighted by Gasteiger charge is -2.17. The summed E-state index contributed by atoms with van der Waals surface area (Å²) in [7, 11) is 0. The third-order valence-electron chi connectivity index (χ3n) is 2.51. The zero-order valence-electron chi connectivity index (χ0n) is 9.60. The Balaban J connectivity index is 2.32. The Morgan fingerprint density at radius 1 is 1.24 bits per heavy atom. The molecule has 88 valence electrons. The van der Waals surface area contributed by atoms with Crippen molar-refractivity contribution >= 4 is 0 Å². The van der Waals surface area contributed by atoms with Crippen molar-refractivity contribution in [2.24, 2.45) is 0 Å². The minimum Gasteiger partial charge on any atom is -0.305 e. The summed E-state index contributed by atoms with van der Waals surface area (Å²) in [4.78, 5) is 8.13. The molecule has 0 aliphatic heterocycles. The summed E-state index contributed by atoms with van der Waals surface area (Å²) in [5.74, 6) is -0.230. The molecule has 0 saturated heterocycles. The van der Waals surface area contributed by atoms with Gasteiger partial charge in [0.2, 0.25) is 0 Å². The molecular weight excluding hydrogens is 217 g/mol. The van der Waals surface area contributed by atoms with Crippen LogP contribution in [-0.4, -0.2) is 16.5 Å². The highest BCUT2D eigenvalue weighted by atomic mass is 19.1. The summed E-state index contributed by atoms with van der Waals surface area (Å²) in [6.07, 6.45) is 3.22. The summed E-state index contributed by atoms with van der Waals surface area (Å²) in [6, 6.07) is 8.29. The van der Waals surface area contributed by atoms with Crippen LogP contribution in [0.1, 0.15) is 24.2 Å². The van der Waals surface area contributed by atoms with Gasteiger partial charge < -0.3 is 5.32 Å². The average molecular weight is 231 g/mol. The van der Waals surface area contributed by atoms with Crippen LogP contribution in [0.3, 0.4) is 0 Å². The molecule has 0 saturated carbocycles. The van der Waals surface area contributed by atoms with Gasteiger partial charge in [0.25, 0.3) is 0 Å². The molecule has 17 heavy (non-hydrogen) atoms. The lowest BCUT2D eigenvalue weighted by Crippen LogP contribution is -2.22. The fraction of sp³-hybridized carbons (Fsp3) is 0.231. The van der Waals surface area contributed by atoms with Crippen LogP contribution >= 0.6 is 0 Å². The van der Waals surface area contributed by atoms with Crippen LogP contribution in [0.4, 0.5) is 4.39 Å². The highest BCUT2D eigenvalue weighted by Gasteiger charge is 2.13. The molecule has 2 aromatic rings. The first kappa shape index (κ1) is 11.7. The Bertz CT molecular complexity index is 456. The second-order valence-electron chi connectivity index (χ2n) is 3.68. The Morgan fingerprint density at radius 2 is 2.00 bits per heavy atom. The van der Waals surface area contributed by atoms with Crippen molar-refractivity contribution in [2.75, 3.05) is 6.54 Å². The number of hydrogen-bond acceptors (Lipinski definition) is 3. The van der Waals surface area contributed by atoms with E-state index >= 15 is 0 Å². The number of halogens is 1. The van der Waals surface area contributed by atoms with Gasteiger partial charge in [0.1, 0.15) is 12.1 Å². The van der Waals surface area contributed by atoms with Crippen LogP contribution < -0.4 is 5.32 Å². The molecular formula is C13H14FN3. The summed E-state index contributed by atoms with van der Waals surface area (Å²) in [6.45, 7) is 2.84. The third-order valence-corrected chi connectivity index (χ3v) is 2.51. The smallest absolute Gasteiger partial charge is 0.123 e. The predicted octanol–water partition coefficient (Wildman–Crippen LogP) is 2.31. The molecule has 1 atom stereocenters. The van der Waals surface area contributed by atoms with Gasteiger partial charge in [0.15, 0.2) is 0 Å². The zero-order valence-corrected chi connectivity index (χ0v) is 9.60. The molecule has 1 aromatic carbocycles. The monoisotopic (exact) mass is 231 g/mol. The van der Waals surface area contributed by atoms with E-state index < -0.39 is 0 Å². The fourth-order valence-electron chi connectivity index (χ4n) is 1.72. The summed E-state index contributed by atoms with van der Waals surface area (Å²) >= 11 is 0. The molecule has 1 unspecified atom stereocenters. The molecule has 4 heteroatoms. The maximum Gasteiger partial charge on any atom is 0.123 e. The third kappa shape index (κ3) is 2.85. The molecule has 0 aliphatic carbocycles. The molecule has 2 rings (SSSR count). The first-order valence-corrected chi connectivity index (χ1v) is 5.56. The van der Waals surface area contributed by atoms with Crippen molar-refractivity contribution in [3.63, 3.8) is 0 Å². The van der Waals surface area contributed by atoms with E-state index in [1.807, 2.05) is 13.0 Å². The van der Waals surface area contributed by atoms with Gasteiger partial charge in [-0.15, -0.1) is 0 Å². The predicted molar refractivity (Wildman–Crippen MR) is 64.0 cm³/mol. The number of hydrogen-bond donors (Lipinski definition) is 1. The van der Waals surface area contributed by atoms with Gasteiger partial charge in [-0.2, -0.15) is 0 Å². The van der Waals surface area contributed by atoms with Crippen LogP contribution in [0.15, 0.2) is 42.9 Å². The quantitative estimate of drug-likeness (QED) is 0.877. The molecule has 0 fully saturated rings. The number of rotatable bonds is 4. The number of nitrogens with zero attached hydrogens (tertiary/aromatic N) is 2. The summed E-state index contributed by atoms with van der Waals surface area (Å²) in [5, 5.41) is 3.32. The fourth-order valence-corrected chi connectivity index (χ4v) is 1.72. The topological polar surface area (TPSA) is 37.8 Å². The van der Waals surface area contributed by atoms with E-state index in [4.69, 9.17) is 0 Å². The summed E-state index contributed by atoms with van der Waals surface area (Å²) < 4.78 is 12.9. The van der Waals surface area contributed by atoms with Gasteiger partial charge in [-0.1, -0.05) is 19.1 Å². The first-order valence-electron chi connectivity index (χ1n) is 5.56. The second kappa shape index (κ2) is 5.50. The minimum absolute atomic E-state index is 0.0244. The maximum absolute atomic E-state index is 12.9. The lowest BCUT2D eigenvalue weighted by atomic mass is 10.0. The van der Waals surface area contributed by atoms with E-state index in [1.165, 1.54) is 18.5 Å². The van der Waals surface area contributed by atoms with E-state index in [0.717, 1.165) is 17.8 Å². The van der Waals surface area contributed by atoms with E-state index in [-0.39, 0.29) is 11.9 Å². The molecule has 0 spiro atoms. The number of benzene rings is 1. The van der Waals surface area contributed by atoms with Gasteiger partial charge in [-0.3, -0.25) is 0 Å².